The molecule has 0 radical (unpaired) electrons. The van der Waals surface area contributed by atoms with Gasteiger partial charge in [-0.2, -0.15) is 0 Å². The minimum atomic E-state index is -0.327. The van der Waals surface area contributed by atoms with E-state index < -0.39 is 0 Å². The molecule has 1 amide bonds. The van der Waals surface area contributed by atoms with Gasteiger partial charge in [0.05, 0.1) is 6.20 Å². The number of benzene rings is 2. The highest BCUT2D eigenvalue weighted by Crippen LogP contribution is 2.35. The lowest BCUT2D eigenvalue weighted by Crippen LogP contribution is -2.55. The number of hydrogen-bond donors (Lipinski definition) is 1. The van der Waals surface area contributed by atoms with E-state index in [1.165, 1.54) is 18.3 Å². The van der Waals surface area contributed by atoms with Gasteiger partial charge in [0.25, 0.3) is 5.91 Å². The number of amides is 1. The SMILES string of the molecule is O=C(NC1(Cc2cccc(F)c2)CCC1)c1cccc(Oc2cnccn2)c1. The first kappa shape index (κ1) is 18.1. The minimum Gasteiger partial charge on any atom is -0.437 e. The molecule has 142 valence electrons. The predicted molar refractivity (Wildman–Crippen MR) is 103 cm³/mol. The molecule has 1 saturated carbocycles. The lowest BCUT2D eigenvalue weighted by molar-refractivity contribution is 0.0826. The largest absolute Gasteiger partial charge is 0.437 e. The number of ether oxygens (including phenoxy) is 1. The van der Waals surface area contributed by atoms with Crippen LogP contribution in [-0.2, 0) is 6.42 Å². The van der Waals surface area contributed by atoms with Gasteiger partial charge in [0.1, 0.15) is 11.6 Å². The molecule has 4 rings (SSSR count). The molecule has 1 aliphatic rings. The van der Waals surface area contributed by atoms with Crippen LogP contribution in [-0.4, -0.2) is 21.4 Å². The summed E-state index contributed by atoms with van der Waals surface area (Å²) in [4.78, 5) is 20.9. The summed E-state index contributed by atoms with van der Waals surface area (Å²) in [5.41, 5.74) is 1.07. The second-order valence-corrected chi connectivity index (χ2v) is 7.07. The molecule has 1 fully saturated rings. The van der Waals surface area contributed by atoms with E-state index in [9.17, 15) is 9.18 Å². The van der Waals surface area contributed by atoms with Crippen molar-refractivity contribution in [2.75, 3.05) is 0 Å². The molecule has 6 heteroatoms. The Balaban J connectivity index is 1.47. The molecule has 0 spiro atoms. The number of carbonyl (C=O) groups is 1. The van der Waals surface area contributed by atoms with Crippen molar-refractivity contribution in [2.45, 2.75) is 31.2 Å². The maximum Gasteiger partial charge on any atom is 0.251 e. The Morgan fingerprint density at radius 3 is 2.71 bits per heavy atom. The summed E-state index contributed by atoms with van der Waals surface area (Å²) in [6.07, 6.45) is 8.04. The lowest BCUT2D eigenvalue weighted by atomic mass is 9.72. The molecule has 1 N–H and O–H groups in total. The van der Waals surface area contributed by atoms with Gasteiger partial charge in [-0.25, -0.2) is 9.37 Å². The van der Waals surface area contributed by atoms with Crippen molar-refractivity contribution in [1.29, 1.82) is 0 Å². The number of rotatable bonds is 6. The maximum absolute atomic E-state index is 13.5. The van der Waals surface area contributed by atoms with Crippen LogP contribution >= 0.6 is 0 Å². The van der Waals surface area contributed by atoms with E-state index in [0.717, 1.165) is 24.8 Å². The van der Waals surface area contributed by atoms with Crippen molar-refractivity contribution in [2.24, 2.45) is 0 Å². The zero-order valence-electron chi connectivity index (χ0n) is 15.3. The zero-order chi connectivity index (χ0) is 19.4. The Hall–Kier alpha value is -3.28. The molecular weight excluding hydrogens is 357 g/mol. The Morgan fingerprint density at radius 1 is 1.14 bits per heavy atom. The highest BCUT2D eigenvalue weighted by atomic mass is 19.1. The monoisotopic (exact) mass is 377 g/mol. The number of halogens is 1. The zero-order valence-corrected chi connectivity index (χ0v) is 15.3. The molecule has 0 saturated heterocycles. The Bertz CT molecular complexity index is 974. The molecule has 28 heavy (non-hydrogen) atoms. The van der Waals surface area contributed by atoms with E-state index in [0.29, 0.717) is 23.6 Å². The third-order valence-electron chi connectivity index (χ3n) is 4.98. The molecule has 0 atom stereocenters. The summed E-state index contributed by atoms with van der Waals surface area (Å²) in [6.45, 7) is 0. The van der Waals surface area contributed by atoms with Crippen LogP contribution in [0.3, 0.4) is 0 Å². The summed E-state index contributed by atoms with van der Waals surface area (Å²) in [5, 5.41) is 3.16. The molecule has 1 aromatic heterocycles. The first-order valence-corrected chi connectivity index (χ1v) is 9.23. The van der Waals surface area contributed by atoms with E-state index in [-0.39, 0.29) is 17.3 Å². The van der Waals surface area contributed by atoms with Gasteiger partial charge in [0.2, 0.25) is 5.88 Å². The van der Waals surface area contributed by atoms with Crippen LogP contribution in [0.25, 0.3) is 0 Å². The smallest absolute Gasteiger partial charge is 0.251 e. The Morgan fingerprint density at radius 2 is 2.00 bits per heavy atom. The van der Waals surface area contributed by atoms with E-state index in [1.54, 1.807) is 42.7 Å². The normalized spacial score (nSPS) is 14.8. The average molecular weight is 377 g/mol. The van der Waals surface area contributed by atoms with Crippen LogP contribution in [0, 0.1) is 5.82 Å². The van der Waals surface area contributed by atoms with Gasteiger partial charge in [-0.05, 0) is 61.6 Å². The van der Waals surface area contributed by atoms with Crippen LogP contribution in [0.15, 0.2) is 67.1 Å². The second kappa shape index (κ2) is 7.76. The van der Waals surface area contributed by atoms with Gasteiger partial charge in [-0.3, -0.25) is 9.78 Å². The minimum absolute atomic E-state index is 0.166. The van der Waals surface area contributed by atoms with Crippen LogP contribution in [0.1, 0.15) is 35.2 Å². The van der Waals surface area contributed by atoms with E-state index in [1.807, 2.05) is 6.07 Å². The lowest BCUT2D eigenvalue weighted by Gasteiger charge is -2.43. The van der Waals surface area contributed by atoms with Crippen molar-refractivity contribution in [3.05, 3.63) is 84.1 Å². The van der Waals surface area contributed by atoms with Crippen molar-refractivity contribution >= 4 is 5.91 Å². The topological polar surface area (TPSA) is 64.1 Å². The van der Waals surface area contributed by atoms with Gasteiger partial charge in [0.15, 0.2) is 0 Å². The van der Waals surface area contributed by atoms with Crippen molar-refractivity contribution in [3.63, 3.8) is 0 Å². The summed E-state index contributed by atoms with van der Waals surface area (Å²) >= 11 is 0. The van der Waals surface area contributed by atoms with E-state index in [2.05, 4.69) is 15.3 Å². The van der Waals surface area contributed by atoms with Crippen LogP contribution < -0.4 is 10.1 Å². The van der Waals surface area contributed by atoms with Crippen molar-refractivity contribution < 1.29 is 13.9 Å². The molecule has 1 heterocycles. The van der Waals surface area contributed by atoms with E-state index >= 15 is 0 Å². The van der Waals surface area contributed by atoms with Crippen molar-refractivity contribution in [1.82, 2.24) is 15.3 Å². The number of nitrogens with one attached hydrogen (secondary N) is 1. The van der Waals surface area contributed by atoms with Gasteiger partial charge >= 0.3 is 0 Å². The molecule has 2 aromatic carbocycles. The first-order chi connectivity index (χ1) is 13.6. The Labute approximate surface area is 162 Å². The molecule has 3 aromatic rings. The average Bonchev–Trinajstić information content (AvgIpc) is 2.67. The molecule has 0 bridgehead atoms. The third kappa shape index (κ3) is 4.17. The maximum atomic E-state index is 13.5. The van der Waals surface area contributed by atoms with Gasteiger partial charge in [0, 0.05) is 23.5 Å². The van der Waals surface area contributed by atoms with Crippen LogP contribution in [0.5, 0.6) is 11.6 Å². The molecule has 1 aliphatic carbocycles. The molecule has 5 nitrogen and oxygen atoms in total. The predicted octanol–water partition coefficient (Wildman–Crippen LogP) is 4.30. The molecule has 0 unspecified atom stereocenters. The number of aromatic nitrogens is 2. The molecule has 0 aliphatic heterocycles. The summed E-state index contributed by atoms with van der Waals surface area (Å²) in [6, 6.07) is 13.5. The van der Waals surface area contributed by atoms with Gasteiger partial charge in [-0.15, -0.1) is 0 Å². The Kier molecular flexibility index (Phi) is 5.02. The number of carbonyl (C=O) groups excluding carboxylic acids is 1. The summed E-state index contributed by atoms with van der Waals surface area (Å²) in [7, 11) is 0. The standard InChI is InChI=1S/C22H20FN3O2/c23-18-6-1-4-16(12-18)14-22(8-3-9-22)26-21(27)17-5-2-7-19(13-17)28-20-15-24-10-11-25-20/h1-2,4-7,10-13,15H,3,8-9,14H2,(H,26,27). The number of hydrogen-bond acceptors (Lipinski definition) is 4. The highest BCUT2D eigenvalue weighted by Gasteiger charge is 2.38. The van der Waals surface area contributed by atoms with Crippen LogP contribution in [0.2, 0.25) is 0 Å². The summed E-state index contributed by atoms with van der Waals surface area (Å²) < 4.78 is 19.2. The van der Waals surface area contributed by atoms with E-state index in [4.69, 9.17) is 4.74 Å². The van der Waals surface area contributed by atoms with Gasteiger partial charge in [-0.1, -0.05) is 18.2 Å². The fourth-order valence-electron chi connectivity index (χ4n) is 3.46. The molecular formula is C22H20FN3O2. The fraction of sp³-hybridized carbons (Fsp3) is 0.227. The second-order valence-electron chi connectivity index (χ2n) is 7.07. The quantitative estimate of drug-likeness (QED) is 0.696. The van der Waals surface area contributed by atoms with Crippen molar-refractivity contribution in [3.8, 4) is 11.6 Å². The van der Waals surface area contributed by atoms with Gasteiger partial charge < -0.3 is 10.1 Å². The first-order valence-electron chi connectivity index (χ1n) is 9.23. The highest BCUT2D eigenvalue weighted by molar-refractivity contribution is 5.95. The number of nitrogens with zero attached hydrogens (tertiary/aromatic N) is 2. The third-order valence-corrected chi connectivity index (χ3v) is 4.98. The summed E-state index contributed by atoms with van der Waals surface area (Å²) in [5.74, 6) is 0.454. The van der Waals surface area contributed by atoms with Crippen LogP contribution in [0.4, 0.5) is 4.39 Å². The fourth-order valence-corrected chi connectivity index (χ4v) is 3.46.